The van der Waals surface area contributed by atoms with Gasteiger partial charge in [0.2, 0.25) is 0 Å². The van der Waals surface area contributed by atoms with E-state index >= 15 is 0 Å². The second kappa shape index (κ2) is 9.97. The molecule has 0 radical (unpaired) electrons. The van der Waals surface area contributed by atoms with E-state index < -0.39 is 5.97 Å². The molecule has 7 unspecified atom stereocenters. The lowest BCUT2D eigenvalue weighted by Crippen LogP contribution is -2.58. The van der Waals surface area contributed by atoms with E-state index in [2.05, 4.69) is 17.0 Å². The lowest BCUT2D eigenvalue weighted by Gasteiger charge is -2.56. The quantitative estimate of drug-likeness (QED) is 0.370. The molecule has 40 heavy (non-hydrogen) atoms. The summed E-state index contributed by atoms with van der Waals surface area (Å²) in [5, 5.41) is 13.3. The molecular formula is C32H42N4O4. The lowest BCUT2D eigenvalue weighted by atomic mass is 9.54. The van der Waals surface area contributed by atoms with Gasteiger partial charge in [-0.25, -0.2) is 4.98 Å². The largest absolute Gasteiger partial charge is 0.481 e. The van der Waals surface area contributed by atoms with Crippen LogP contribution in [0.4, 0.5) is 0 Å². The Morgan fingerprint density at radius 1 is 1.02 bits per heavy atom. The number of hydrogen-bond acceptors (Lipinski definition) is 6. The van der Waals surface area contributed by atoms with Crippen molar-refractivity contribution in [1.82, 2.24) is 14.5 Å². The predicted molar refractivity (Wildman–Crippen MR) is 153 cm³/mol. The Kier molecular flexibility index (Phi) is 6.52. The van der Waals surface area contributed by atoms with E-state index in [-0.39, 0.29) is 30.1 Å². The number of aliphatic carboxylic acids is 1. The Balaban J connectivity index is 1.22. The third-order valence-corrected chi connectivity index (χ3v) is 11.6. The average molecular weight is 547 g/mol. The first-order valence-electron chi connectivity index (χ1n) is 15.5. The normalized spacial score (nSPS) is 37.1. The summed E-state index contributed by atoms with van der Waals surface area (Å²) in [6.07, 6.45) is 12.7. The van der Waals surface area contributed by atoms with E-state index in [4.69, 9.17) is 9.82 Å². The zero-order chi connectivity index (χ0) is 27.6. The van der Waals surface area contributed by atoms with Gasteiger partial charge in [0.15, 0.2) is 5.69 Å². The van der Waals surface area contributed by atoms with Crippen LogP contribution in [0.2, 0.25) is 0 Å². The maximum atomic E-state index is 14.2. The number of fused-ring (bicyclic) bond motifs is 4. The number of oxime groups is 1. The molecule has 1 aromatic heterocycles. The Morgan fingerprint density at radius 3 is 2.52 bits per heavy atom. The number of piperidine rings is 2. The molecule has 1 N–H and O–H groups in total. The number of benzene rings is 1. The van der Waals surface area contributed by atoms with Crippen molar-refractivity contribution in [3.63, 3.8) is 0 Å². The number of carboxylic acid groups (broad SMARTS) is 1. The van der Waals surface area contributed by atoms with E-state index in [1.54, 1.807) is 0 Å². The molecule has 2 saturated heterocycles. The van der Waals surface area contributed by atoms with Gasteiger partial charge in [0.1, 0.15) is 12.8 Å². The van der Waals surface area contributed by atoms with Gasteiger partial charge in [-0.2, -0.15) is 0 Å². The minimum Gasteiger partial charge on any atom is -0.481 e. The van der Waals surface area contributed by atoms with E-state index in [1.165, 1.54) is 58.5 Å². The van der Waals surface area contributed by atoms with Gasteiger partial charge in [0, 0.05) is 30.6 Å². The summed E-state index contributed by atoms with van der Waals surface area (Å²) in [4.78, 5) is 38.2. The number of nitrogens with zero attached hydrogens (tertiary/aromatic N) is 4. The summed E-state index contributed by atoms with van der Waals surface area (Å²) < 4.78 is 1.97. The highest BCUT2D eigenvalue weighted by Gasteiger charge is 2.60. The zero-order valence-electron chi connectivity index (χ0n) is 23.8. The molecule has 214 valence electrons. The Morgan fingerprint density at radius 2 is 1.77 bits per heavy atom. The van der Waals surface area contributed by atoms with E-state index in [9.17, 15) is 14.7 Å². The smallest absolute Gasteiger partial charge is 0.303 e. The number of para-hydroxylation sites is 2. The summed E-state index contributed by atoms with van der Waals surface area (Å²) in [5.41, 5.74) is 2.51. The lowest BCUT2D eigenvalue weighted by molar-refractivity contribution is -0.136. The Hall–Kier alpha value is -2.74. The number of rotatable bonds is 7. The van der Waals surface area contributed by atoms with Gasteiger partial charge in [-0.05, 0) is 93.1 Å². The van der Waals surface area contributed by atoms with Crippen molar-refractivity contribution in [3.8, 4) is 0 Å². The van der Waals surface area contributed by atoms with Gasteiger partial charge in [-0.3, -0.25) is 14.5 Å². The highest BCUT2D eigenvalue weighted by atomic mass is 16.6. The van der Waals surface area contributed by atoms with Crippen LogP contribution >= 0.6 is 0 Å². The molecule has 1 aromatic carbocycles. The van der Waals surface area contributed by atoms with Crippen molar-refractivity contribution in [2.24, 2.45) is 28.3 Å². The van der Waals surface area contributed by atoms with Gasteiger partial charge >= 0.3 is 5.97 Å². The fourth-order valence-electron chi connectivity index (χ4n) is 9.90. The number of carboxylic acids is 1. The van der Waals surface area contributed by atoms with Crippen LogP contribution in [0.5, 0.6) is 0 Å². The van der Waals surface area contributed by atoms with E-state index in [0.717, 1.165) is 41.6 Å². The number of carbonyl (C=O) groups is 1. The van der Waals surface area contributed by atoms with Crippen LogP contribution in [0, 0.1) is 23.2 Å². The van der Waals surface area contributed by atoms with Crippen LogP contribution in [0.15, 0.2) is 34.2 Å². The predicted octanol–water partition coefficient (Wildman–Crippen LogP) is 5.38. The minimum absolute atomic E-state index is 0.0850. The molecule has 2 aliphatic heterocycles. The fraction of sp³-hybridized carbons (Fsp3) is 0.688. The first kappa shape index (κ1) is 26.2. The Labute approximate surface area is 235 Å². The molecule has 7 atom stereocenters. The molecule has 7 rings (SSSR count). The first-order chi connectivity index (χ1) is 19.4. The third kappa shape index (κ3) is 4.20. The monoisotopic (exact) mass is 546 g/mol. The highest BCUT2D eigenvalue weighted by Crippen LogP contribution is 2.67. The molecule has 5 aliphatic rings. The van der Waals surface area contributed by atoms with Crippen molar-refractivity contribution in [1.29, 1.82) is 0 Å². The van der Waals surface area contributed by atoms with Crippen LogP contribution in [0.3, 0.4) is 0 Å². The van der Waals surface area contributed by atoms with Gasteiger partial charge < -0.3 is 14.5 Å². The summed E-state index contributed by atoms with van der Waals surface area (Å²) in [6.45, 7) is 2.58. The molecule has 8 nitrogen and oxygen atoms in total. The van der Waals surface area contributed by atoms with Crippen molar-refractivity contribution in [2.75, 3.05) is 7.11 Å². The Bertz CT molecular complexity index is 1390. The molecule has 3 aliphatic carbocycles. The summed E-state index contributed by atoms with van der Waals surface area (Å²) in [5.74, 6) is 1.83. The van der Waals surface area contributed by atoms with Crippen molar-refractivity contribution in [3.05, 3.63) is 40.3 Å². The molecule has 2 aromatic rings. The molecular weight excluding hydrogens is 504 g/mol. The molecule has 0 spiro atoms. The second-order valence-corrected chi connectivity index (χ2v) is 13.6. The van der Waals surface area contributed by atoms with Crippen molar-refractivity contribution in [2.45, 2.75) is 108 Å². The van der Waals surface area contributed by atoms with Gasteiger partial charge in [0.05, 0.1) is 17.5 Å². The number of aromatic nitrogens is 2. The SMILES string of the molecule is CON=C(CCC(=O)O)c1nc2ccccc2n(C2CC3CCCC(C2)N3C2CC3CC4CC(C2)C4(C)C3)c1=O. The summed E-state index contributed by atoms with van der Waals surface area (Å²) >= 11 is 0. The van der Waals surface area contributed by atoms with Crippen molar-refractivity contribution < 1.29 is 14.7 Å². The molecule has 8 heteroatoms. The summed E-state index contributed by atoms with van der Waals surface area (Å²) in [7, 11) is 1.42. The van der Waals surface area contributed by atoms with Crippen LogP contribution in [-0.4, -0.2) is 56.5 Å². The van der Waals surface area contributed by atoms with Gasteiger partial charge in [-0.1, -0.05) is 30.6 Å². The van der Waals surface area contributed by atoms with Gasteiger partial charge in [-0.15, -0.1) is 0 Å². The van der Waals surface area contributed by atoms with E-state index in [0.29, 0.717) is 29.3 Å². The second-order valence-electron chi connectivity index (χ2n) is 13.6. The first-order valence-corrected chi connectivity index (χ1v) is 15.5. The summed E-state index contributed by atoms with van der Waals surface area (Å²) in [6, 6.07) is 9.61. The standard InChI is InChI=1S/C32H42N4O4/c1-32-18-19-12-20(32)14-21(32)15-24(13-19)35-22-6-5-7-23(35)17-25(16-22)36-28-9-4-3-8-26(28)33-30(31(36)39)27(34-40-2)10-11-29(37)38/h3-4,8-9,19-25H,5-7,10-18H2,1-2H3,(H,37,38). The highest BCUT2D eigenvalue weighted by molar-refractivity contribution is 6.00. The van der Waals surface area contributed by atoms with E-state index in [1.807, 2.05) is 28.8 Å². The average Bonchev–Trinajstić information content (AvgIpc) is 3.09. The number of hydrogen-bond donors (Lipinski definition) is 1. The maximum absolute atomic E-state index is 14.2. The van der Waals surface area contributed by atoms with Crippen LogP contribution < -0.4 is 5.56 Å². The topological polar surface area (TPSA) is 97.0 Å². The minimum atomic E-state index is -0.941. The molecule has 3 heterocycles. The molecule has 0 amide bonds. The van der Waals surface area contributed by atoms with Gasteiger partial charge in [0.25, 0.3) is 5.56 Å². The zero-order valence-corrected chi connectivity index (χ0v) is 23.8. The van der Waals surface area contributed by atoms with Crippen LogP contribution in [-0.2, 0) is 9.63 Å². The molecule has 3 saturated carbocycles. The fourth-order valence-corrected chi connectivity index (χ4v) is 9.90. The third-order valence-electron chi connectivity index (χ3n) is 11.6. The van der Waals surface area contributed by atoms with Crippen LogP contribution in [0.25, 0.3) is 11.0 Å². The van der Waals surface area contributed by atoms with Crippen LogP contribution in [0.1, 0.15) is 95.7 Å². The molecule has 5 fully saturated rings. The molecule has 4 bridgehead atoms. The van der Waals surface area contributed by atoms with Crippen molar-refractivity contribution >= 4 is 22.7 Å². The maximum Gasteiger partial charge on any atom is 0.303 e.